The molecule has 2 aromatic carbocycles. The van der Waals surface area contributed by atoms with Gasteiger partial charge in [0.2, 0.25) is 5.91 Å². The molecule has 0 saturated carbocycles. The third-order valence-corrected chi connectivity index (χ3v) is 3.48. The molecule has 2 aromatic rings. The lowest BCUT2D eigenvalue weighted by Gasteiger charge is -2.10. The monoisotopic (exact) mass is 300 g/mol. The largest absolute Gasteiger partial charge is 0.384 e. The summed E-state index contributed by atoms with van der Waals surface area (Å²) < 4.78 is 13.4. The van der Waals surface area contributed by atoms with E-state index in [0.717, 1.165) is 11.3 Å². The molecular formula is C18H21FN2O. The summed E-state index contributed by atoms with van der Waals surface area (Å²) in [5.74, 6) is -0.392. The first-order valence-corrected chi connectivity index (χ1v) is 7.37. The van der Waals surface area contributed by atoms with E-state index in [4.69, 9.17) is 0 Å². The molecule has 0 saturated heterocycles. The van der Waals surface area contributed by atoms with Gasteiger partial charge >= 0.3 is 0 Å². The molecule has 1 amide bonds. The smallest absolute Gasteiger partial charge is 0.222 e. The minimum atomic E-state index is -0.295. The van der Waals surface area contributed by atoms with Crippen LogP contribution in [0.3, 0.4) is 0 Å². The highest BCUT2D eigenvalue weighted by molar-refractivity contribution is 5.76. The topological polar surface area (TPSA) is 41.1 Å². The molecule has 3 nitrogen and oxygen atoms in total. The van der Waals surface area contributed by atoms with Crippen LogP contribution in [0.15, 0.2) is 42.5 Å². The maximum absolute atomic E-state index is 13.4. The van der Waals surface area contributed by atoms with E-state index in [0.29, 0.717) is 18.5 Å². The molecule has 0 atom stereocenters. The van der Waals surface area contributed by atoms with Crippen molar-refractivity contribution in [1.29, 1.82) is 0 Å². The van der Waals surface area contributed by atoms with Crippen molar-refractivity contribution in [3.63, 3.8) is 0 Å². The highest BCUT2D eigenvalue weighted by Crippen LogP contribution is 2.15. The lowest BCUT2D eigenvalue weighted by molar-refractivity contribution is -0.121. The van der Waals surface area contributed by atoms with Crippen LogP contribution >= 0.6 is 0 Å². The van der Waals surface area contributed by atoms with Gasteiger partial charge in [-0.15, -0.1) is 0 Å². The minimum Gasteiger partial charge on any atom is -0.384 e. The molecule has 0 aliphatic carbocycles. The molecule has 0 heterocycles. The van der Waals surface area contributed by atoms with E-state index in [1.54, 1.807) is 18.2 Å². The SMILES string of the molecule is Cc1ccc(NCCC(=O)NCc2ccccc2F)c(C)c1. The standard InChI is InChI=1S/C18H21FN2O/c1-13-7-8-17(14(2)11-13)20-10-9-18(22)21-12-15-5-3-4-6-16(15)19/h3-8,11,20H,9-10,12H2,1-2H3,(H,21,22). The van der Waals surface area contributed by atoms with Crippen molar-refractivity contribution in [3.8, 4) is 0 Å². The van der Waals surface area contributed by atoms with Gasteiger partial charge in [-0.05, 0) is 31.5 Å². The first-order valence-electron chi connectivity index (χ1n) is 7.37. The molecule has 2 rings (SSSR count). The Labute approximate surface area is 130 Å². The fourth-order valence-electron chi connectivity index (χ4n) is 2.25. The third kappa shape index (κ3) is 4.58. The molecule has 0 bridgehead atoms. The number of hydrogen-bond donors (Lipinski definition) is 2. The maximum Gasteiger partial charge on any atom is 0.222 e. The highest BCUT2D eigenvalue weighted by Gasteiger charge is 2.05. The number of anilines is 1. The second kappa shape index (κ2) is 7.59. The zero-order valence-corrected chi connectivity index (χ0v) is 12.9. The quantitative estimate of drug-likeness (QED) is 0.856. The van der Waals surface area contributed by atoms with Crippen molar-refractivity contribution in [2.45, 2.75) is 26.8 Å². The van der Waals surface area contributed by atoms with Gasteiger partial charge in [-0.3, -0.25) is 4.79 Å². The van der Waals surface area contributed by atoms with E-state index in [1.165, 1.54) is 11.6 Å². The summed E-state index contributed by atoms with van der Waals surface area (Å²) in [5, 5.41) is 5.98. The third-order valence-electron chi connectivity index (χ3n) is 3.48. The van der Waals surface area contributed by atoms with Gasteiger partial charge in [-0.1, -0.05) is 35.9 Å². The fourth-order valence-corrected chi connectivity index (χ4v) is 2.25. The first-order chi connectivity index (χ1) is 10.6. The summed E-state index contributed by atoms with van der Waals surface area (Å²) in [6, 6.07) is 12.6. The van der Waals surface area contributed by atoms with E-state index in [1.807, 2.05) is 26.0 Å². The highest BCUT2D eigenvalue weighted by atomic mass is 19.1. The van der Waals surface area contributed by atoms with Gasteiger partial charge in [0.15, 0.2) is 0 Å². The predicted octanol–water partition coefficient (Wildman–Crippen LogP) is 3.56. The second-order valence-corrected chi connectivity index (χ2v) is 5.36. The van der Waals surface area contributed by atoms with Crippen molar-refractivity contribution < 1.29 is 9.18 Å². The Hall–Kier alpha value is -2.36. The molecule has 2 N–H and O–H groups in total. The van der Waals surface area contributed by atoms with E-state index < -0.39 is 0 Å². The number of carbonyl (C=O) groups is 1. The number of nitrogens with one attached hydrogen (secondary N) is 2. The number of aryl methyl sites for hydroxylation is 2. The van der Waals surface area contributed by atoms with E-state index in [9.17, 15) is 9.18 Å². The van der Waals surface area contributed by atoms with Crippen molar-refractivity contribution in [1.82, 2.24) is 5.32 Å². The molecule has 4 heteroatoms. The molecule has 0 fully saturated rings. The normalized spacial score (nSPS) is 10.3. The predicted molar refractivity (Wildman–Crippen MR) is 87.3 cm³/mol. The molecule has 116 valence electrons. The van der Waals surface area contributed by atoms with E-state index in [-0.39, 0.29) is 18.3 Å². The van der Waals surface area contributed by atoms with Crippen LogP contribution in [0.25, 0.3) is 0 Å². The van der Waals surface area contributed by atoms with Gasteiger partial charge in [-0.2, -0.15) is 0 Å². The van der Waals surface area contributed by atoms with Crippen molar-refractivity contribution in [2.75, 3.05) is 11.9 Å². The number of rotatable bonds is 6. The van der Waals surface area contributed by atoms with Crippen molar-refractivity contribution >= 4 is 11.6 Å². The van der Waals surface area contributed by atoms with Crippen LogP contribution in [-0.4, -0.2) is 12.5 Å². The number of benzene rings is 2. The van der Waals surface area contributed by atoms with Crippen LogP contribution in [0.2, 0.25) is 0 Å². The summed E-state index contributed by atoms with van der Waals surface area (Å²) in [6.07, 6.45) is 0.349. The summed E-state index contributed by atoms with van der Waals surface area (Å²) in [4.78, 5) is 11.8. The van der Waals surface area contributed by atoms with E-state index in [2.05, 4.69) is 16.7 Å². The molecule has 0 aliphatic rings. The lowest BCUT2D eigenvalue weighted by atomic mass is 10.1. The zero-order valence-electron chi connectivity index (χ0n) is 12.9. The Kier molecular flexibility index (Phi) is 5.53. The van der Waals surface area contributed by atoms with Crippen LogP contribution < -0.4 is 10.6 Å². The van der Waals surface area contributed by atoms with Gasteiger partial charge in [0.25, 0.3) is 0 Å². The summed E-state index contributed by atoms with van der Waals surface area (Å²) in [6.45, 7) is 4.85. The minimum absolute atomic E-state index is 0.0967. The van der Waals surface area contributed by atoms with Crippen LogP contribution in [0.5, 0.6) is 0 Å². The first kappa shape index (κ1) is 16.0. The number of halogens is 1. The summed E-state index contributed by atoms with van der Waals surface area (Å²) in [7, 11) is 0. The van der Waals surface area contributed by atoms with Crippen LogP contribution in [0, 0.1) is 19.7 Å². The Morgan fingerprint density at radius 3 is 2.64 bits per heavy atom. The fraction of sp³-hybridized carbons (Fsp3) is 0.278. The average molecular weight is 300 g/mol. The summed E-state index contributed by atoms with van der Waals surface area (Å²) >= 11 is 0. The van der Waals surface area contributed by atoms with Gasteiger partial charge < -0.3 is 10.6 Å². The molecule has 0 unspecified atom stereocenters. The Morgan fingerprint density at radius 1 is 1.14 bits per heavy atom. The lowest BCUT2D eigenvalue weighted by Crippen LogP contribution is -2.25. The van der Waals surface area contributed by atoms with Crippen LogP contribution in [0.4, 0.5) is 10.1 Å². The van der Waals surface area contributed by atoms with Gasteiger partial charge in [0.1, 0.15) is 5.82 Å². The van der Waals surface area contributed by atoms with E-state index >= 15 is 0 Å². The molecule has 0 aromatic heterocycles. The van der Waals surface area contributed by atoms with Crippen LogP contribution in [-0.2, 0) is 11.3 Å². The maximum atomic E-state index is 13.4. The number of carbonyl (C=O) groups excluding carboxylic acids is 1. The molecule has 0 aliphatic heterocycles. The van der Waals surface area contributed by atoms with Crippen molar-refractivity contribution in [3.05, 3.63) is 65.0 Å². The van der Waals surface area contributed by atoms with Gasteiger partial charge in [-0.25, -0.2) is 4.39 Å². The second-order valence-electron chi connectivity index (χ2n) is 5.36. The molecular weight excluding hydrogens is 279 g/mol. The molecule has 0 spiro atoms. The Bertz CT molecular complexity index is 655. The molecule has 22 heavy (non-hydrogen) atoms. The molecule has 0 radical (unpaired) electrons. The van der Waals surface area contributed by atoms with Gasteiger partial charge in [0.05, 0.1) is 0 Å². The Morgan fingerprint density at radius 2 is 1.91 bits per heavy atom. The Balaban J connectivity index is 1.75. The van der Waals surface area contributed by atoms with Gasteiger partial charge in [0, 0.05) is 30.8 Å². The summed E-state index contributed by atoms with van der Waals surface area (Å²) in [5.41, 5.74) is 3.91. The number of amides is 1. The number of hydrogen-bond acceptors (Lipinski definition) is 2. The van der Waals surface area contributed by atoms with Crippen molar-refractivity contribution in [2.24, 2.45) is 0 Å². The average Bonchev–Trinajstić information content (AvgIpc) is 2.49. The van der Waals surface area contributed by atoms with Crippen LogP contribution in [0.1, 0.15) is 23.1 Å². The zero-order chi connectivity index (χ0) is 15.9.